The maximum Gasteiger partial charge on any atom is 0.216 e. The topological polar surface area (TPSA) is 34.1 Å². The molecule has 3 rings (SSSR count). The standard InChI is InChI=1S/C16H17FN2O/c17-15-10-14(7-9-19-15)20-16(13-6-8-18-11-13)12-4-2-1-3-5-12/h1-5,7,9-10,13,16,18H,6,8,11H2/t13?,16-/m1/s1. The van der Waals surface area contributed by atoms with E-state index in [0.29, 0.717) is 11.7 Å². The highest BCUT2D eigenvalue weighted by molar-refractivity contribution is 5.24. The van der Waals surface area contributed by atoms with Gasteiger partial charge in [0.05, 0.1) is 0 Å². The Morgan fingerprint density at radius 1 is 1.25 bits per heavy atom. The fraction of sp³-hybridized carbons (Fsp3) is 0.312. The lowest BCUT2D eigenvalue weighted by Crippen LogP contribution is -2.21. The highest BCUT2D eigenvalue weighted by Crippen LogP contribution is 2.31. The third kappa shape index (κ3) is 2.96. The molecular formula is C16H17FN2O. The summed E-state index contributed by atoms with van der Waals surface area (Å²) in [5, 5.41) is 3.35. The molecule has 3 nitrogen and oxygen atoms in total. The summed E-state index contributed by atoms with van der Waals surface area (Å²) >= 11 is 0. The first-order chi connectivity index (χ1) is 9.83. The van der Waals surface area contributed by atoms with Gasteiger partial charge in [-0.25, -0.2) is 4.98 Å². The first-order valence-electron chi connectivity index (χ1n) is 6.87. The van der Waals surface area contributed by atoms with E-state index in [-0.39, 0.29) is 6.10 Å². The molecule has 20 heavy (non-hydrogen) atoms. The maximum atomic E-state index is 13.2. The molecule has 0 spiro atoms. The minimum atomic E-state index is -0.515. The van der Waals surface area contributed by atoms with Crippen molar-refractivity contribution in [2.24, 2.45) is 5.92 Å². The van der Waals surface area contributed by atoms with Crippen molar-refractivity contribution in [3.8, 4) is 5.75 Å². The monoisotopic (exact) mass is 272 g/mol. The van der Waals surface area contributed by atoms with Crippen molar-refractivity contribution < 1.29 is 9.13 Å². The number of hydrogen-bond donors (Lipinski definition) is 1. The lowest BCUT2D eigenvalue weighted by atomic mass is 9.95. The van der Waals surface area contributed by atoms with Gasteiger partial charge in [0.2, 0.25) is 5.95 Å². The smallest absolute Gasteiger partial charge is 0.216 e. The summed E-state index contributed by atoms with van der Waals surface area (Å²) in [6.07, 6.45) is 2.43. The Hall–Kier alpha value is -1.94. The van der Waals surface area contributed by atoms with Gasteiger partial charge in [0.1, 0.15) is 11.9 Å². The predicted molar refractivity (Wildman–Crippen MR) is 75.0 cm³/mol. The Morgan fingerprint density at radius 2 is 2.10 bits per heavy atom. The summed E-state index contributed by atoms with van der Waals surface area (Å²) in [6, 6.07) is 13.1. The van der Waals surface area contributed by atoms with E-state index in [2.05, 4.69) is 22.4 Å². The molecule has 104 valence electrons. The molecular weight excluding hydrogens is 255 g/mol. The van der Waals surface area contributed by atoms with Crippen molar-refractivity contribution in [1.29, 1.82) is 0 Å². The van der Waals surface area contributed by atoms with E-state index >= 15 is 0 Å². The second-order valence-electron chi connectivity index (χ2n) is 5.02. The zero-order valence-electron chi connectivity index (χ0n) is 11.1. The summed E-state index contributed by atoms with van der Waals surface area (Å²) in [6.45, 7) is 1.93. The number of halogens is 1. The number of benzene rings is 1. The molecule has 4 heteroatoms. The van der Waals surface area contributed by atoms with Crippen LogP contribution in [0.2, 0.25) is 0 Å². The minimum absolute atomic E-state index is 0.0620. The van der Waals surface area contributed by atoms with Crippen LogP contribution in [0.3, 0.4) is 0 Å². The van der Waals surface area contributed by atoms with Gasteiger partial charge >= 0.3 is 0 Å². The van der Waals surface area contributed by atoms with Gasteiger partial charge in [-0.1, -0.05) is 30.3 Å². The Morgan fingerprint density at radius 3 is 2.80 bits per heavy atom. The molecule has 0 saturated carbocycles. The Balaban J connectivity index is 1.85. The van der Waals surface area contributed by atoms with E-state index in [1.54, 1.807) is 6.07 Å². The molecule has 1 fully saturated rings. The maximum absolute atomic E-state index is 13.2. The fourth-order valence-electron chi connectivity index (χ4n) is 2.62. The lowest BCUT2D eigenvalue weighted by molar-refractivity contribution is 0.143. The molecule has 2 aromatic rings. The van der Waals surface area contributed by atoms with Gasteiger partial charge < -0.3 is 10.1 Å². The molecule has 1 saturated heterocycles. The van der Waals surface area contributed by atoms with E-state index < -0.39 is 5.95 Å². The molecule has 0 amide bonds. The molecule has 0 bridgehead atoms. The third-order valence-corrected chi connectivity index (χ3v) is 3.62. The number of hydrogen-bond acceptors (Lipinski definition) is 3. The average molecular weight is 272 g/mol. The molecule has 1 aromatic heterocycles. The van der Waals surface area contributed by atoms with Crippen molar-refractivity contribution in [1.82, 2.24) is 10.3 Å². The van der Waals surface area contributed by atoms with Crippen LogP contribution < -0.4 is 10.1 Å². The Bertz CT molecular complexity index is 555. The number of rotatable bonds is 4. The highest BCUT2D eigenvalue weighted by atomic mass is 19.1. The van der Waals surface area contributed by atoms with Gasteiger partial charge in [-0.2, -0.15) is 4.39 Å². The van der Waals surface area contributed by atoms with Crippen LogP contribution in [0.1, 0.15) is 18.1 Å². The SMILES string of the molecule is Fc1cc(O[C@H](c2ccccc2)C2CCNC2)ccn1. The van der Waals surface area contributed by atoms with E-state index in [4.69, 9.17) is 4.74 Å². The van der Waals surface area contributed by atoms with Gasteiger partial charge in [0.25, 0.3) is 0 Å². The van der Waals surface area contributed by atoms with Crippen LogP contribution in [-0.4, -0.2) is 18.1 Å². The second-order valence-corrected chi connectivity index (χ2v) is 5.02. The lowest BCUT2D eigenvalue weighted by Gasteiger charge is -2.24. The summed E-state index contributed by atoms with van der Waals surface area (Å²) < 4.78 is 19.2. The molecule has 2 heterocycles. The zero-order chi connectivity index (χ0) is 13.8. The van der Waals surface area contributed by atoms with Gasteiger partial charge in [0.15, 0.2) is 0 Å². The minimum Gasteiger partial charge on any atom is -0.485 e. The van der Waals surface area contributed by atoms with Gasteiger partial charge in [-0.15, -0.1) is 0 Å². The number of nitrogens with one attached hydrogen (secondary N) is 1. The molecule has 1 aliphatic heterocycles. The second kappa shape index (κ2) is 6.01. The fourth-order valence-corrected chi connectivity index (χ4v) is 2.62. The number of nitrogens with zero attached hydrogens (tertiary/aromatic N) is 1. The van der Waals surface area contributed by atoms with E-state index in [1.165, 1.54) is 12.3 Å². The zero-order valence-corrected chi connectivity index (χ0v) is 11.1. The van der Waals surface area contributed by atoms with Crippen LogP contribution in [-0.2, 0) is 0 Å². The van der Waals surface area contributed by atoms with Crippen LogP contribution in [0.15, 0.2) is 48.7 Å². The molecule has 1 aliphatic rings. The first kappa shape index (κ1) is 13.1. The summed E-state index contributed by atoms with van der Waals surface area (Å²) in [5.74, 6) is 0.408. The molecule has 1 aromatic carbocycles. The van der Waals surface area contributed by atoms with Gasteiger partial charge in [0, 0.05) is 24.7 Å². The van der Waals surface area contributed by atoms with Crippen molar-refractivity contribution in [2.45, 2.75) is 12.5 Å². The van der Waals surface area contributed by atoms with Crippen LogP contribution in [0.5, 0.6) is 5.75 Å². The molecule has 1 N–H and O–H groups in total. The van der Waals surface area contributed by atoms with Crippen LogP contribution in [0.4, 0.5) is 4.39 Å². The Kier molecular flexibility index (Phi) is 3.92. The van der Waals surface area contributed by atoms with Gasteiger partial charge in [-0.05, 0) is 24.6 Å². The summed E-state index contributed by atoms with van der Waals surface area (Å²) in [7, 11) is 0. The average Bonchev–Trinajstić information content (AvgIpc) is 3.00. The van der Waals surface area contributed by atoms with E-state index in [9.17, 15) is 4.39 Å². The van der Waals surface area contributed by atoms with Crippen molar-refractivity contribution in [2.75, 3.05) is 13.1 Å². The Labute approximate surface area is 117 Å². The quantitative estimate of drug-likeness (QED) is 0.869. The summed E-state index contributed by atoms with van der Waals surface area (Å²) in [4.78, 5) is 3.56. The van der Waals surface area contributed by atoms with Crippen molar-refractivity contribution >= 4 is 0 Å². The molecule has 0 radical (unpaired) electrons. The number of pyridine rings is 1. The molecule has 1 unspecified atom stereocenters. The van der Waals surface area contributed by atoms with Crippen LogP contribution >= 0.6 is 0 Å². The van der Waals surface area contributed by atoms with Crippen LogP contribution in [0.25, 0.3) is 0 Å². The first-order valence-corrected chi connectivity index (χ1v) is 6.87. The van der Waals surface area contributed by atoms with Crippen molar-refractivity contribution in [3.63, 3.8) is 0 Å². The predicted octanol–water partition coefficient (Wildman–Crippen LogP) is 2.95. The van der Waals surface area contributed by atoms with Crippen LogP contribution in [0, 0.1) is 11.9 Å². The van der Waals surface area contributed by atoms with E-state index in [1.807, 2.05) is 18.2 Å². The van der Waals surface area contributed by atoms with Crippen molar-refractivity contribution in [3.05, 3.63) is 60.2 Å². The number of aromatic nitrogens is 1. The molecule has 2 atom stereocenters. The highest BCUT2D eigenvalue weighted by Gasteiger charge is 2.28. The molecule has 0 aliphatic carbocycles. The normalized spacial score (nSPS) is 19.8. The van der Waals surface area contributed by atoms with E-state index in [0.717, 1.165) is 25.1 Å². The summed E-state index contributed by atoms with van der Waals surface area (Å²) in [5.41, 5.74) is 1.12. The largest absolute Gasteiger partial charge is 0.485 e. The number of ether oxygens (including phenoxy) is 1. The van der Waals surface area contributed by atoms with Gasteiger partial charge in [-0.3, -0.25) is 0 Å². The third-order valence-electron chi connectivity index (χ3n) is 3.62.